The molecule has 4 rings (SSSR count). The van der Waals surface area contributed by atoms with Crippen molar-refractivity contribution in [1.82, 2.24) is 19.7 Å². The van der Waals surface area contributed by atoms with Crippen LogP contribution in [0.4, 0.5) is 0 Å². The molecule has 1 atom stereocenters. The molecule has 1 aliphatic carbocycles. The monoisotopic (exact) mass is 339 g/mol. The third kappa shape index (κ3) is 2.42. The highest BCUT2D eigenvalue weighted by molar-refractivity contribution is 5.99. The first-order valence-electron chi connectivity index (χ1n) is 8.57. The summed E-state index contributed by atoms with van der Waals surface area (Å²) in [4.78, 5) is 26.8. The van der Waals surface area contributed by atoms with Gasteiger partial charge in [0, 0.05) is 5.56 Å². The highest BCUT2D eigenvalue weighted by Gasteiger charge is 2.36. The smallest absolute Gasteiger partial charge is 0.255 e. The third-order valence-electron chi connectivity index (χ3n) is 5.39. The second-order valence-corrected chi connectivity index (χ2v) is 6.87. The van der Waals surface area contributed by atoms with E-state index in [1.165, 1.54) is 11.1 Å². The Morgan fingerprint density at radius 3 is 2.68 bits per heavy atom. The van der Waals surface area contributed by atoms with Crippen LogP contribution in [0.2, 0.25) is 0 Å². The molecule has 1 aromatic heterocycles. The zero-order chi connectivity index (χ0) is 17.7. The third-order valence-corrected chi connectivity index (χ3v) is 5.39. The van der Waals surface area contributed by atoms with Gasteiger partial charge in [0.15, 0.2) is 5.82 Å². The highest BCUT2D eigenvalue weighted by Crippen LogP contribution is 2.30. The van der Waals surface area contributed by atoms with Gasteiger partial charge in [0.1, 0.15) is 11.9 Å². The summed E-state index contributed by atoms with van der Waals surface area (Å²) >= 11 is 0. The Morgan fingerprint density at radius 1 is 1.16 bits per heavy atom. The number of amides is 2. The van der Waals surface area contributed by atoms with Crippen molar-refractivity contribution < 1.29 is 9.59 Å². The quantitative estimate of drug-likeness (QED) is 0.879. The van der Waals surface area contributed by atoms with Crippen LogP contribution >= 0.6 is 0 Å². The van der Waals surface area contributed by atoms with E-state index in [9.17, 15) is 9.59 Å². The summed E-state index contributed by atoms with van der Waals surface area (Å²) < 4.78 is 1.86. The van der Waals surface area contributed by atoms with Crippen molar-refractivity contribution in [3.8, 4) is 0 Å². The van der Waals surface area contributed by atoms with Gasteiger partial charge in [-0.05, 0) is 55.9 Å². The second-order valence-electron chi connectivity index (χ2n) is 6.87. The Balaban J connectivity index is 1.74. The van der Waals surface area contributed by atoms with Gasteiger partial charge in [0.05, 0.1) is 13.1 Å². The summed E-state index contributed by atoms with van der Waals surface area (Å²) in [7, 11) is 0. The standard InChI is InChI=1S/C18H21N5O2/c1-10-6-7-14(13-5-3-4-12(10)13)18(25)23-9-16-21-20-11(2)22(16)8-15(23)17(19)24/h6-7,15H,3-5,8-9H2,1-2H3,(H2,19,24). The van der Waals surface area contributed by atoms with E-state index in [1.54, 1.807) is 4.90 Å². The molecule has 2 aliphatic rings. The molecule has 1 aromatic carbocycles. The van der Waals surface area contributed by atoms with Crippen molar-refractivity contribution in [1.29, 1.82) is 0 Å². The maximum absolute atomic E-state index is 13.3. The zero-order valence-electron chi connectivity index (χ0n) is 14.5. The number of hydrogen-bond donors (Lipinski definition) is 1. The molecule has 7 nitrogen and oxygen atoms in total. The summed E-state index contributed by atoms with van der Waals surface area (Å²) in [5, 5.41) is 8.18. The van der Waals surface area contributed by atoms with Gasteiger partial charge in [-0.2, -0.15) is 0 Å². The van der Waals surface area contributed by atoms with Crippen molar-refractivity contribution in [3.63, 3.8) is 0 Å². The minimum Gasteiger partial charge on any atom is -0.368 e. The first-order chi connectivity index (χ1) is 12.0. The molecule has 0 saturated heterocycles. The minimum absolute atomic E-state index is 0.145. The van der Waals surface area contributed by atoms with Crippen LogP contribution in [0.25, 0.3) is 0 Å². The number of carbonyl (C=O) groups is 2. The van der Waals surface area contributed by atoms with Crippen molar-refractivity contribution in [2.45, 2.75) is 52.2 Å². The van der Waals surface area contributed by atoms with E-state index in [2.05, 4.69) is 17.1 Å². The van der Waals surface area contributed by atoms with Crippen molar-refractivity contribution in [2.75, 3.05) is 0 Å². The Morgan fingerprint density at radius 2 is 1.92 bits per heavy atom. The lowest BCUT2D eigenvalue weighted by molar-refractivity contribution is -0.123. The SMILES string of the molecule is Cc1ccc(C(=O)N2Cc3nnc(C)n3CC2C(N)=O)c2c1CCC2. The molecule has 0 fully saturated rings. The summed E-state index contributed by atoms with van der Waals surface area (Å²) in [6.45, 7) is 4.47. The topological polar surface area (TPSA) is 94.1 Å². The molecule has 2 aromatic rings. The molecule has 130 valence electrons. The van der Waals surface area contributed by atoms with Crippen LogP contribution in [-0.4, -0.2) is 37.5 Å². The molecule has 0 radical (unpaired) electrons. The fourth-order valence-electron chi connectivity index (χ4n) is 4.01. The van der Waals surface area contributed by atoms with Crippen molar-refractivity contribution >= 4 is 11.8 Å². The number of hydrogen-bond acceptors (Lipinski definition) is 4. The maximum atomic E-state index is 13.3. The van der Waals surface area contributed by atoms with Gasteiger partial charge < -0.3 is 15.2 Å². The Kier molecular flexibility index (Phi) is 3.59. The number of primary amides is 1. The van der Waals surface area contributed by atoms with Gasteiger partial charge in [0.2, 0.25) is 5.91 Å². The number of rotatable bonds is 2. The predicted octanol–water partition coefficient (Wildman–Crippen LogP) is 0.894. The van der Waals surface area contributed by atoms with Gasteiger partial charge in [-0.1, -0.05) is 6.07 Å². The van der Waals surface area contributed by atoms with Gasteiger partial charge in [-0.15, -0.1) is 10.2 Å². The van der Waals surface area contributed by atoms with Gasteiger partial charge >= 0.3 is 0 Å². The summed E-state index contributed by atoms with van der Waals surface area (Å²) in [5.41, 5.74) is 9.91. The largest absolute Gasteiger partial charge is 0.368 e. The van der Waals surface area contributed by atoms with Crippen LogP contribution in [0.5, 0.6) is 0 Å². The van der Waals surface area contributed by atoms with Crippen LogP contribution in [0, 0.1) is 13.8 Å². The molecule has 2 heterocycles. The molecule has 2 amide bonds. The average molecular weight is 339 g/mol. The Bertz CT molecular complexity index is 886. The average Bonchev–Trinajstić information content (AvgIpc) is 3.21. The molecular weight excluding hydrogens is 318 g/mol. The number of nitrogens with two attached hydrogens (primary N) is 1. The van der Waals surface area contributed by atoms with Crippen molar-refractivity contribution in [2.24, 2.45) is 5.73 Å². The van der Waals surface area contributed by atoms with Gasteiger partial charge in [0.25, 0.3) is 5.91 Å². The fourth-order valence-corrected chi connectivity index (χ4v) is 4.01. The second kappa shape index (κ2) is 5.68. The number of nitrogens with zero attached hydrogens (tertiary/aromatic N) is 4. The molecule has 7 heteroatoms. The van der Waals surface area contributed by atoms with E-state index in [1.807, 2.05) is 23.6 Å². The van der Waals surface area contributed by atoms with Crippen LogP contribution in [0.1, 0.15) is 45.1 Å². The normalized spacial score (nSPS) is 18.8. The number of benzene rings is 1. The molecule has 0 bridgehead atoms. The van der Waals surface area contributed by atoms with E-state index >= 15 is 0 Å². The van der Waals surface area contributed by atoms with Crippen LogP contribution in [0.15, 0.2) is 12.1 Å². The number of aryl methyl sites for hydroxylation is 2. The number of fused-ring (bicyclic) bond motifs is 2. The molecule has 2 N–H and O–H groups in total. The lowest BCUT2D eigenvalue weighted by atomic mass is 9.97. The first-order valence-corrected chi connectivity index (χ1v) is 8.57. The Labute approximate surface area is 145 Å². The van der Waals surface area contributed by atoms with Gasteiger partial charge in [-0.3, -0.25) is 9.59 Å². The van der Waals surface area contributed by atoms with Crippen LogP contribution < -0.4 is 5.73 Å². The first kappa shape index (κ1) is 15.8. The highest BCUT2D eigenvalue weighted by atomic mass is 16.2. The molecule has 0 spiro atoms. The molecular formula is C18H21N5O2. The number of carbonyl (C=O) groups excluding carboxylic acids is 2. The number of aromatic nitrogens is 3. The molecule has 25 heavy (non-hydrogen) atoms. The van der Waals surface area contributed by atoms with Crippen LogP contribution in [-0.2, 0) is 30.7 Å². The Hall–Kier alpha value is -2.70. The maximum Gasteiger partial charge on any atom is 0.255 e. The molecule has 0 saturated carbocycles. The fraction of sp³-hybridized carbons (Fsp3) is 0.444. The van der Waals surface area contributed by atoms with E-state index in [0.717, 1.165) is 30.7 Å². The predicted molar refractivity (Wildman–Crippen MR) is 90.8 cm³/mol. The van der Waals surface area contributed by atoms with Crippen LogP contribution in [0.3, 0.4) is 0 Å². The molecule has 1 unspecified atom stereocenters. The van der Waals surface area contributed by atoms with E-state index in [-0.39, 0.29) is 12.5 Å². The molecule has 1 aliphatic heterocycles. The van der Waals surface area contributed by atoms with Gasteiger partial charge in [-0.25, -0.2) is 0 Å². The summed E-state index contributed by atoms with van der Waals surface area (Å²) in [5.74, 6) is 0.765. The minimum atomic E-state index is -0.687. The van der Waals surface area contributed by atoms with E-state index in [0.29, 0.717) is 17.9 Å². The zero-order valence-corrected chi connectivity index (χ0v) is 14.5. The van der Waals surface area contributed by atoms with E-state index < -0.39 is 11.9 Å². The van der Waals surface area contributed by atoms with E-state index in [4.69, 9.17) is 5.73 Å². The summed E-state index contributed by atoms with van der Waals surface area (Å²) in [6.07, 6.45) is 2.98. The lowest BCUT2D eigenvalue weighted by Crippen LogP contribution is -2.53. The summed E-state index contributed by atoms with van der Waals surface area (Å²) in [6, 6.07) is 3.19. The van der Waals surface area contributed by atoms with Crippen molar-refractivity contribution in [3.05, 3.63) is 46.0 Å². The lowest BCUT2D eigenvalue weighted by Gasteiger charge is -2.34.